The maximum Gasteiger partial charge on any atom is 2.00 e. The second-order valence-electron chi connectivity index (χ2n) is 0.250. The Bertz CT molecular complexity index is 33.5. The number of hydrogen-bond donors (Lipinski definition) is 0. The molecular formula is H20CaO13Si. The van der Waals surface area contributed by atoms with Crippen LogP contribution >= 0.6 is 0 Å². The van der Waals surface area contributed by atoms with Gasteiger partial charge in [-0.2, -0.15) is 0 Å². The van der Waals surface area contributed by atoms with Crippen molar-refractivity contribution in [1.82, 2.24) is 0 Å². The van der Waals surface area contributed by atoms with Crippen LogP contribution in [0.3, 0.4) is 0 Å². The van der Waals surface area contributed by atoms with Gasteiger partial charge in [0.1, 0.15) is 0 Å². The minimum absolute atomic E-state index is 0. The Morgan fingerprint density at radius 1 is 0.533 bits per heavy atom. The minimum Gasteiger partial charge on any atom is -0.672 e. The second-order valence-corrected chi connectivity index (χ2v) is 0.750. The van der Waals surface area contributed by atoms with E-state index >= 15 is 0 Å². The molecule has 0 aliphatic heterocycles. The summed E-state index contributed by atoms with van der Waals surface area (Å²) < 4.78 is 8.52. The molecule has 15 heteroatoms. The van der Waals surface area contributed by atoms with Crippen LogP contribution in [-0.2, 0) is 4.46 Å². The van der Waals surface area contributed by atoms with Gasteiger partial charge < -0.3 is 68.8 Å². The molecule has 20 N–H and O–H groups in total. The second kappa shape index (κ2) is 218. The molecule has 0 aliphatic rings. The van der Waals surface area contributed by atoms with Gasteiger partial charge in [0.2, 0.25) is 0 Å². The zero-order valence-corrected chi connectivity index (χ0v) is 10.6. The van der Waals surface area contributed by atoms with Gasteiger partial charge >= 0.3 is 37.7 Å². The van der Waals surface area contributed by atoms with E-state index < -0.39 is 9.17 Å². The van der Waals surface area contributed by atoms with Gasteiger partial charge in [0.25, 0.3) is 0 Å². The molecule has 0 aliphatic carbocycles. The van der Waals surface area contributed by atoms with Crippen molar-refractivity contribution in [2.75, 3.05) is 0 Å². The van der Waals surface area contributed by atoms with Crippen LogP contribution in [0, 0.1) is 0 Å². The van der Waals surface area contributed by atoms with E-state index in [1.165, 1.54) is 0 Å². The molecule has 0 aromatic rings. The molecule has 0 bridgehead atoms. The Balaban J connectivity index is -0.000000000818. The molecule has 15 heavy (non-hydrogen) atoms. The fourth-order valence-electron chi connectivity index (χ4n) is 0. The van der Waals surface area contributed by atoms with Crippen molar-refractivity contribution in [3.63, 3.8) is 0 Å². The molecule has 0 heterocycles. The molecule has 0 fully saturated rings. The van der Waals surface area contributed by atoms with Crippen LogP contribution in [0.15, 0.2) is 0 Å². The monoisotopic (exact) mass is 296 g/mol. The molecule has 0 saturated carbocycles. The summed E-state index contributed by atoms with van der Waals surface area (Å²) in [5.74, 6) is 0. The molecule has 0 unspecified atom stereocenters. The summed E-state index contributed by atoms with van der Waals surface area (Å²) in [6.07, 6.45) is 0. The van der Waals surface area contributed by atoms with Crippen molar-refractivity contribution in [3.05, 3.63) is 0 Å². The largest absolute Gasteiger partial charge is 2.00 e. The van der Waals surface area contributed by atoms with Gasteiger partial charge in [0.05, 0.1) is 0 Å². The fraction of sp³-hybridized carbons (Fsp3) is 0. The van der Waals surface area contributed by atoms with E-state index in [1.807, 2.05) is 0 Å². The Labute approximate surface area is 115 Å². The minimum atomic E-state index is -3.63. The third-order valence-corrected chi connectivity index (χ3v) is 0. The Kier molecular flexibility index (Phi) is 3890. The fourth-order valence-corrected chi connectivity index (χ4v) is 0. The van der Waals surface area contributed by atoms with Crippen LogP contribution in [-0.4, -0.2) is 102 Å². The summed E-state index contributed by atoms with van der Waals surface area (Å²) in [5.41, 5.74) is 0. The number of hydrogen-bond acceptors (Lipinski definition) is 3. The van der Waals surface area contributed by atoms with Gasteiger partial charge in [-0.05, 0) is 0 Å². The summed E-state index contributed by atoms with van der Waals surface area (Å²) in [6, 6.07) is 0. The molecule has 0 radical (unpaired) electrons. The van der Waals surface area contributed by atoms with Gasteiger partial charge in [-0.1, -0.05) is 0 Å². The summed E-state index contributed by atoms with van der Waals surface area (Å²) in [6.45, 7) is 0. The van der Waals surface area contributed by atoms with Gasteiger partial charge in [0.15, 0.2) is 0 Å². The zero-order chi connectivity index (χ0) is 3.58. The molecule has 0 spiro atoms. The molecular weight excluding hydrogens is 276 g/mol. The van der Waals surface area contributed by atoms with Crippen molar-refractivity contribution in [2.24, 2.45) is 0 Å². The molecule has 0 atom stereocenters. The van der Waals surface area contributed by atoms with Crippen molar-refractivity contribution < 1.29 is 68.8 Å². The standard InChI is InChI=1S/Ca.O3Si.10H2O/c;1-4(2)3;;;;;;;;;;/h;;10*1H2/q+2;-2;;;;;;;;;;. The molecule has 0 rings (SSSR count). The maximum absolute atomic E-state index is 8.52. The molecule has 0 amide bonds. The van der Waals surface area contributed by atoms with Crippen LogP contribution in [0.2, 0.25) is 0 Å². The Morgan fingerprint density at radius 3 is 0.533 bits per heavy atom. The first-order valence-corrected chi connectivity index (χ1v) is 1.84. The predicted molar refractivity (Wildman–Crippen MR) is 48.3 cm³/mol. The average Bonchev–Trinajstić information content (AvgIpc) is 0.811. The normalized spacial score (nSPS) is 1.60. The van der Waals surface area contributed by atoms with Crippen molar-refractivity contribution in [3.8, 4) is 0 Å². The molecule has 104 valence electrons. The summed E-state index contributed by atoms with van der Waals surface area (Å²) >= 11 is 0. The van der Waals surface area contributed by atoms with Crippen LogP contribution in [0.25, 0.3) is 0 Å². The quantitative estimate of drug-likeness (QED) is 0.392. The van der Waals surface area contributed by atoms with E-state index in [0.29, 0.717) is 0 Å². The van der Waals surface area contributed by atoms with E-state index in [2.05, 4.69) is 0 Å². The van der Waals surface area contributed by atoms with Gasteiger partial charge in [0, 0.05) is 9.17 Å². The molecule has 13 nitrogen and oxygen atoms in total. The topological polar surface area (TPSA) is 378 Å². The molecule has 0 aromatic carbocycles. The van der Waals surface area contributed by atoms with Crippen LogP contribution in [0.5, 0.6) is 0 Å². The Morgan fingerprint density at radius 2 is 0.533 bits per heavy atom. The zero-order valence-electron chi connectivity index (χ0n) is 7.43. The number of rotatable bonds is 0. The van der Waals surface area contributed by atoms with Crippen LogP contribution in [0.1, 0.15) is 0 Å². The SMILES string of the molecule is O.O.O.O.O.O.O.O.O.O.O=[Si]([O-])[O-].[Ca+2]. The smallest absolute Gasteiger partial charge is 0.672 e. The van der Waals surface area contributed by atoms with Gasteiger partial charge in [-0.25, -0.2) is 0 Å². The van der Waals surface area contributed by atoms with Gasteiger partial charge in [-0.3, -0.25) is 0 Å². The molecule has 0 saturated heterocycles. The maximum atomic E-state index is 8.52. The molecule has 0 aromatic heterocycles. The first-order chi connectivity index (χ1) is 1.73. The van der Waals surface area contributed by atoms with Crippen molar-refractivity contribution in [1.29, 1.82) is 0 Å². The van der Waals surface area contributed by atoms with E-state index in [1.54, 1.807) is 0 Å². The predicted octanol–water partition coefficient (Wildman–Crippen LogP) is -11.5. The third kappa shape index (κ3) is 9920. The first-order valence-electron chi connectivity index (χ1n) is 0.612. The van der Waals surface area contributed by atoms with Crippen molar-refractivity contribution in [2.45, 2.75) is 0 Å². The summed E-state index contributed by atoms with van der Waals surface area (Å²) in [5, 5.41) is 0. The summed E-state index contributed by atoms with van der Waals surface area (Å²) in [7, 11) is -3.63. The third-order valence-electron chi connectivity index (χ3n) is 0. The Hall–Kier alpha value is 0.477. The van der Waals surface area contributed by atoms with Crippen LogP contribution in [0.4, 0.5) is 0 Å². The van der Waals surface area contributed by atoms with E-state index in [4.69, 9.17) is 14.1 Å². The van der Waals surface area contributed by atoms with Crippen LogP contribution < -0.4 is 9.59 Å². The van der Waals surface area contributed by atoms with E-state index in [9.17, 15) is 0 Å². The first kappa shape index (κ1) is 268. The van der Waals surface area contributed by atoms with E-state index in [0.717, 1.165) is 0 Å². The van der Waals surface area contributed by atoms with E-state index in [-0.39, 0.29) is 92.5 Å². The average molecular weight is 296 g/mol. The van der Waals surface area contributed by atoms with Crippen molar-refractivity contribution >= 4 is 46.9 Å². The van der Waals surface area contributed by atoms with Gasteiger partial charge in [-0.15, -0.1) is 0 Å². The summed E-state index contributed by atoms with van der Waals surface area (Å²) in [4.78, 5) is 17.0.